The molecule has 37 valence electrons. The number of rotatable bonds is 0. The number of nitrogen functional groups attached to an aromatic ring is 1. The molecule has 1 rings (SSSR count). The van der Waals surface area contributed by atoms with Crippen molar-refractivity contribution in [3.05, 3.63) is 10.4 Å². The smallest absolute Gasteiger partial charge is 0.143 e. The predicted molar refractivity (Wildman–Crippen MR) is 30.1 cm³/mol. The first-order valence-electron chi connectivity index (χ1n) is 1.89. The lowest BCUT2D eigenvalue weighted by atomic mass is 10.8. The van der Waals surface area contributed by atoms with E-state index in [9.17, 15) is 0 Å². The summed E-state index contributed by atoms with van der Waals surface area (Å²) in [6, 6.07) is 0. The molecule has 0 aliphatic carbocycles. The van der Waals surface area contributed by atoms with Crippen molar-refractivity contribution in [3.63, 3.8) is 0 Å². The Morgan fingerprint density at radius 2 is 2.57 bits per heavy atom. The maximum Gasteiger partial charge on any atom is 0.143 e. The summed E-state index contributed by atoms with van der Waals surface area (Å²) >= 11 is 1.44. The van der Waals surface area contributed by atoms with Gasteiger partial charge in [-0.25, -0.2) is 4.98 Å². The Morgan fingerprint density at radius 3 is 2.71 bits per heavy atom. The lowest BCUT2D eigenvalue weighted by Gasteiger charge is -1.71. The Kier molecular flexibility index (Phi) is 0.982. The summed E-state index contributed by atoms with van der Waals surface area (Å²) in [6.45, 7) is 1.90. The minimum absolute atomic E-state index is 0.502. The molecule has 0 amide bonds. The fourth-order valence-corrected chi connectivity index (χ4v) is 0.783. The molecule has 2 nitrogen and oxygen atoms in total. The van der Waals surface area contributed by atoms with E-state index in [1.807, 2.05) is 6.92 Å². The summed E-state index contributed by atoms with van der Waals surface area (Å²) < 4.78 is 0. The van der Waals surface area contributed by atoms with Crippen molar-refractivity contribution in [1.29, 1.82) is 0 Å². The molecule has 2 N–H and O–H groups in total. The number of nitrogens with zero attached hydrogens (tertiary/aromatic N) is 1. The molecule has 0 atom stereocenters. The molecule has 1 aromatic heterocycles. The third kappa shape index (κ3) is 0.899. The van der Waals surface area contributed by atoms with Gasteiger partial charge in [-0.3, -0.25) is 0 Å². The number of nitrogens with two attached hydrogens (primary N) is 1. The fourth-order valence-electron chi connectivity index (χ4n) is 0.341. The monoisotopic (exact) mass is 113 g/mol. The van der Waals surface area contributed by atoms with Crippen LogP contribution >= 0.6 is 11.3 Å². The third-order valence-corrected chi connectivity index (χ3v) is 1.28. The first-order valence-corrected chi connectivity index (χ1v) is 2.71. The van der Waals surface area contributed by atoms with E-state index >= 15 is 0 Å². The molecular weight excluding hydrogens is 108 g/mol. The Bertz CT molecular complexity index is 142. The number of anilines is 1. The van der Waals surface area contributed by atoms with Gasteiger partial charge >= 0.3 is 0 Å². The van der Waals surface area contributed by atoms with Crippen LogP contribution in [0.2, 0.25) is 0 Å². The molecular formula is C4H5N2S. The molecule has 0 bridgehead atoms. The maximum atomic E-state index is 5.22. The van der Waals surface area contributed by atoms with Crippen LogP contribution in [0, 0.1) is 12.3 Å². The van der Waals surface area contributed by atoms with E-state index in [0.717, 1.165) is 5.01 Å². The van der Waals surface area contributed by atoms with Gasteiger partial charge in [0, 0.05) is 0 Å². The first-order chi connectivity index (χ1) is 3.29. The van der Waals surface area contributed by atoms with Crippen molar-refractivity contribution in [3.8, 4) is 0 Å². The van der Waals surface area contributed by atoms with Gasteiger partial charge < -0.3 is 5.73 Å². The lowest BCUT2D eigenvalue weighted by molar-refractivity contribution is 1.30. The molecule has 1 aromatic rings. The molecule has 0 saturated heterocycles. The second kappa shape index (κ2) is 1.50. The highest BCUT2D eigenvalue weighted by Gasteiger charge is 1.87. The van der Waals surface area contributed by atoms with Crippen molar-refractivity contribution in [2.24, 2.45) is 0 Å². The zero-order valence-corrected chi connectivity index (χ0v) is 4.75. The third-order valence-electron chi connectivity index (χ3n) is 0.581. The zero-order valence-electron chi connectivity index (χ0n) is 3.93. The highest BCUT2D eigenvalue weighted by molar-refractivity contribution is 7.09. The average Bonchev–Trinajstić information content (AvgIpc) is 1.87. The van der Waals surface area contributed by atoms with Gasteiger partial charge in [-0.2, -0.15) is 0 Å². The van der Waals surface area contributed by atoms with E-state index in [0.29, 0.717) is 5.82 Å². The second-order valence-corrected chi connectivity index (χ2v) is 2.22. The number of aryl methyl sites for hydroxylation is 1. The summed E-state index contributed by atoms with van der Waals surface area (Å²) in [5, 5.41) is 3.75. The van der Waals surface area contributed by atoms with Crippen molar-refractivity contribution in [1.82, 2.24) is 4.98 Å². The van der Waals surface area contributed by atoms with Crippen LogP contribution in [0.25, 0.3) is 0 Å². The van der Waals surface area contributed by atoms with Crippen LogP contribution in [0.4, 0.5) is 5.82 Å². The van der Waals surface area contributed by atoms with Gasteiger partial charge in [-0.05, 0) is 6.92 Å². The quantitative estimate of drug-likeness (QED) is 0.541. The Balaban J connectivity index is 3.04. The van der Waals surface area contributed by atoms with E-state index in [1.54, 1.807) is 0 Å². The highest BCUT2D eigenvalue weighted by atomic mass is 32.1. The summed E-state index contributed by atoms with van der Waals surface area (Å²) in [6.07, 6.45) is 0. The topological polar surface area (TPSA) is 38.9 Å². The molecule has 0 fully saturated rings. The largest absolute Gasteiger partial charge is 0.382 e. The van der Waals surface area contributed by atoms with Gasteiger partial charge in [0.25, 0.3) is 0 Å². The van der Waals surface area contributed by atoms with Gasteiger partial charge in [0.2, 0.25) is 0 Å². The minimum atomic E-state index is 0.502. The molecule has 0 aliphatic heterocycles. The molecule has 1 radical (unpaired) electrons. The standard InChI is InChI=1S/C4H5N2S/c1-3-6-4(5)2-7-3/h5H2,1H3. The Hall–Kier alpha value is -0.570. The van der Waals surface area contributed by atoms with Crippen molar-refractivity contribution in [2.45, 2.75) is 6.92 Å². The van der Waals surface area contributed by atoms with Crippen molar-refractivity contribution >= 4 is 17.2 Å². The molecule has 0 unspecified atom stereocenters. The van der Waals surface area contributed by atoms with E-state index < -0.39 is 0 Å². The number of hydrogen-bond acceptors (Lipinski definition) is 3. The van der Waals surface area contributed by atoms with Gasteiger partial charge in [-0.15, -0.1) is 11.3 Å². The summed E-state index contributed by atoms with van der Waals surface area (Å²) in [4.78, 5) is 3.85. The van der Waals surface area contributed by atoms with Crippen LogP contribution in [0.1, 0.15) is 5.01 Å². The van der Waals surface area contributed by atoms with Crippen LogP contribution in [-0.4, -0.2) is 4.98 Å². The van der Waals surface area contributed by atoms with Crippen LogP contribution in [0.5, 0.6) is 0 Å². The summed E-state index contributed by atoms with van der Waals surface area (Å²) in [5.74, 6) is 0.502. The van der Waals surface area contributed by atoms with Crippen LogP contribution in [0.15, 0.2) is 0 Å². The van der Waals surface area contributed by atoms with E-state index in [4.69, 9.17) is 5.73 Å². The van der Waals surface area contributed by atoms with E-state index in [1.165, 1.54) is 11.3 Å². The van der Waals surface area contributed by atoms with E-state index in [-0.39, 0.29) is 0 Å². The number of aromatic nitrogens is 1. The maximum absolute atomic E-state index is 5.22. The summed E-state index contributed by atoms with van der Waals surface area (Å²) in [5.41, 5.74) is 5.22. The van der Waals surface area contributed by atoms with Crippen molar-refractivity contribution < 1.29 is 0 Å². The minimum Gasteiger partial charge on any atom is -0.382 e. The number of thiazole rings is 1. The average molecular weight is 113 g/mol. The molecule has 1 heterocycles. The van der Waals surface area contributed by atoms with E-state index in [2.05, 4.69) is 10.4 Å². The first kappa shape index (κ1) is 4.59. The normalized spacial score (nSPS) is 9.29. The zero-order chi connectivity index (χ0) is 5.28. The van der Waals surface area contributed by atoms with Gasteiger partial charge in [0.05, 0.1) is 10.4 Å². The van der Waals surface area contributed by atoms with Crippen LogP contribution < -0.4 is 5.73 Å². The highest BCUT2D eigenvalue weighted by Crippen LogP contribution is 2.06. The van der Waals surface area contributed by atoms with Crippen molar-refractivity contribution in [2.75, 3.05) is 5.73 Å². The second-order valence-electron chi connectivity index (χ2n) is 1.22. The number of hydrogen-bond donors (Lipinski definition) is 1. The van der Waals surface area contributed by atoms with Gasteiger partial charge in [-0.1, -0.05) is 0 Å². The SMILES string of the molecule is Cc1nc(N)[c]s1. The lowest BCUT2D eigenvalue weighted by Crippen LogP contribution is -1.81. The molecule has 0 aromatic carbocycles. The fraction of sp³-hybridized carbons (Fsp3) is 0.250. The van der Waals surface area contributed by atoms with Crippen LogP contribution in [0.3, 0.4) is 0 Å². The molecule has 0 aliphatic rings. The molecule has 0 spiro atoms. The van der Waals surface area contributed by atoms with Crippen LogP contribution in [-0.2, 0) is 0 Å². The Morgan fingerprint density at radius 1 is 1.86 bits per heavy atom. The predicted octanol–water partition coefficient (Wildman–Crippen LogP) is 0.834. The molecule has 0 saturated carbocycles. The summed E-state index contributed by atoms with van der Waals surface area (Å²) in [7, 11) is 0. The van der Waals surface area contributed by atoms with Gasteiger partial charge in [0.1, 0.15) is 5.82 Å². The molecule has 3 heteroatoms. The molecule has 7 heavy (non-hydrogen) atoms. The Labute approximate surface area is 46.0 Å². The van der Waals surface area contributed by atoms with Gasteiger partial charge in [0.15, 0.2) is 0 Å².